The van der Waals surface area contributed by atoms with Crippen LogP contribution in [0.5, 0.6) is 17.2 Å². The topological polar surface area (TPSA) is 69.5 Å². The molecule has 0 spiro atoms. The molecule has 0 saturated carbocycles. The molecule has 0 aliphatic carbocycles. The Morgan fingerprint density at radius 3 is 2.27 bits per heavy atom. The lowest BCUT2D eigenvalue weighted by atomic mass is 9.94. The van der Waals surface area contributed by atoms with Gasteiger partial charge in [0, 0.05) is 22.2 Å². The van der Waals surface area contributed by atoms with E-state index in [9.17, 15) is 0 Å². The molecule has 1 unspecified atom stereocenters. The summed E-state index contributed by atoms with van der Waals surface area (Å²) in [5.74, 6) is 2.39. The van der Waals surface area contributed by atoms with Gasteiger partial charge in [0.1, 0.15) is 0 Å². The number of hydrogen-bond acceptors (Lipinski definition) is 4. The zero-order valence-corrected chi connectivity index (χ0v) is 18.8. The number of unbranched alkanes of at least 4 members (excludes halogenated alkanes) is 1. The number of methoxy groups -OCH3 is 3. The highest BCUT2D eigenvalue weighted by atomic mass is 16.5. The van der Waals surface area contributed by atoms with Gasteiger partial charge in [-0.1, -0.05) is 32.0 Å². The van der Waals surface area contributed by atoms with E-state index in [0.29, 0.717) is 29.7 Å². The van der Waals surface area contributed by atoms with Crippen molar-refractivity contribution in [2.45, 2.75) is 45.4 Å². The number of hydrogen-bond donors (Lipinski definition) is 2. The van der Waals surface area contributed by atoms with E-state index in [1.54, 1.807) is 21.3 Å². The number of nitrogens with two attached hydrogens (primary N) is 1. The van der Waals surface area contributed by atoms with Crippen molar-refractivity contribution in [3.8, 4) is 28.5 Å². The van der Waals surface area contributed by atoms with Crippen LogP contribution in [0.15, 0.2) is 30.3 Å². The average Bonchev–Trinajstić information content (AvgIpc) is 3.16. The lowest BCUT2D eigenvalue weighted by molar-refractivity contribution is 0.324. The Hall–Kier alpha value is -2.66. The van der Waals surface area contributed by atoms with Gasteiger partial charge in [-0.2, -0.15) is 0 Å². The zero-order chi connectivity index (χ0) is 21.7. The molecule has 1 atom stereocenters. The first-order valence-electron chi connectivity index (χ1n) is 10.7. The zero-order valence-electron chi connectivity index (χ0n) is 18.8. The van der Waals surface area contributed by atoms with Crippen LogP contribution in [0.3, 0.4) is 0 Å². The molecule has 1 heterocycles. The van der Waals surface area contributed by atoms with Crippen LogP contribution in [0, 0.1) is 0 Å². The SMILES string of the molecule is CCC(C)c1cccc2c(CCCCN)c(-c3cc(OC)c(OC)c(OC)c3)[nH]c12. The van der Waals surface area contributed by atoms with Crippen LogP contribution < -0.4 is 19.9 Å². The molecule has 3 N–H and O–H groups in total. The second-order valence-electron chi connectivity index (χ2n) is 7.72. The number of rotatable bonds is 10. The minimum atomic E-state index is 0.483. The first-order chi connectivity index (χ1) is 14.6. The molecule has 5 heteroatoms. The summed E-state index contributed by atoms with van der Waals surface area (Å²) in [5, 5.41) is 1.29. The monoisotopic (exact) mass is 410 g/mol. The molecule has 0 aliphatic heterocycles. The Bertz CT molecular complexity index is 968. The third-order valence-electron chi connectivity index (χ3n) is 5.95. The predicted octanol–water partition coefficient (Wildman–Crippen LogP) is 5.66. The minimum absolute atomic E-state index is 0.483. The van der Waals surface area contributed by atoms with Gasteiger partial charge in [0.05, 0.1) is 21.3 Å². The van der Waals surface area contributed by atoms with Gasteiger partial charge in [-0.3, -0.25) is 0 Å². The molecule has 0 radical (unpaired) electrons. The highest BCUT2D eigenvalue weighted by molar-refractivity contribution is 5.93. The van der Waals surface area contributed by atoms with Gasteiger partial charge in [-0.25, -0.2) is 0 Å². The van der Waals surface area contributed by atoms with Crippen LogP contribution in [-0.4, -0.2) is 32.9 Å². The van der Waals surface area contributed by atoms with Gasteiger partial charge in [-0.15, -0.1) is 0 Å². The summed E-state index contributed by atoms with van der Waals surface area (Å²) in [5.41, 5.74) is 11.8. The molecule has 5 nitrogen and oxygen atoms in total. The van der Waals surface area contributed by atoms with Crippen molar-refractivity contribution in [3.05, 3.63) is 41.5 Å². The van der Waals surface area contributed by atoms with E-state index in [0.717, 1.165) is 36.9 Å². The largest absolute Gasteiger partial charge is 0.493 e. The molecule has 0 aliphatic rings. The van der Waals surface area contributed by atoms with E-state index in [1.807, 2.05) is 12.1 Å². The van der Waals surface area contributed by atoms with Crippen molar-refractivity contribution in [3.63, 3.8) is 0 Å². The number of aromatic nitrogens is 1. The molecular weight excluding hydrogens is 376 g/mol. The summed E-state index contributed by atoms with van der Waals surface area (Å²) >= 11 is 0. The Labute approximate surface area is 179 Å². The van der Waals surface area contributed by atoms with Crippen molar-refractivity contribution in [1.29, 1.82) is 0 Å². The van der Waals surface area contributed by atoms with E-state index in [4.69, 9.17) is 19.9 Å². The quantitative estimate of drug-likeness (QED) is 0.423. The average molecular weight is 411 g/mol. The van der Waals surface area contributed by atoms with Gasteiger partial charge < -0.3 is 24.9 Å². The molecule has 3 aromatic rings. The molecule has 1 aromatic heterocycles. The number of H-pyrrole nitrogens is 1. The van der Waals surface area contributed by atoms with E-state index in [1.165, 1.54) is 22.0 Å². The third kappa shape index (κ3) is 4.12. The van der Waals surface area contributed by atoms with Crippen molar-refractivity contribution < 1.29 is 14.2 Å². The van der Waals surface area contributed by atoms with Gasteiger partial charge in [0.15, 0.2) is 11.5 Å². The normalized spacial score (nSPS) is 12.2. The number of aryl methyl sites for hydroxylation is 1. The molecule has 0 fully saturated rings. The van der Waals surface area contributed by atoms with Crippen LogP contribution in [0.1, 0.15) is 50.2 Å². The molecule has 30 heavy (non-hydrogen) atoms. The Morgan fingerprint density at radius 2 is 1.70 bits per heavy atom. The molecular formula is C25H34N2O3. The summed E-state index contributed by atoms with van der Waals surface area (Å²) < 4.78 is 16.7. The standard InChI is InChI=1S/C25H34N2O3/c1-6-16(2)18-11-9-12-20-19(10-7-8-13-26)23(27-24(18)20)17-14-21(28-3)25(30-5)22(15-17)29-4/h9,11-12,14-16,27H,6-8,10,13,26H2,1-5H3. The molecule has 3 rings (SSSR count). The van der Waals surface area contributed by atoms with Gasteiger partial charge >= 0.3 is 0 Å². The summed E-state index contributed by atoms with van der Waals surface area (Å²) in [6.45, 7) is 5.22. The highest BCUT2D eigenvalue weighted by Crippen LogP contribution is 2.43. The number of aromatic amines is 1. The maximum Gasteiger partial charge on any atom is 0.203 e. The van der Waals surface area contributed by atoms with Crippen LogP contribution in [0.25, 0.3) is 22.2 Å². The Balaban J connectivity index is 2.25. The number of para-hydroxylation sites is 1. The lowest BCUT2D eigenvalue weighted by Crippen LogP contribution is -2.00. The maximum absolute atomic E-state index is 5.76. The van der Waals surface area contributed by atoms with E-state index in [-0.39, 0.29) is 0 Å². The number of ether oxygens (including phenoxy) is 3. The van der Waals surface area contributed by atoms with Gasteiger partial charge in [0.25, 0.3) is 0 Å². The van der Waals surface area contributed by atoms with Crippen LogP contribution in [0.4, 0.5) is 0 Å². The molecule has 0 bridgehead atoms. The number of fused-ring (bicyclic) bond motifs is 1. The molecule has 162 valence electrons. The fourth-order valence-electron chi connectivity index (χ4n) is 4.10. The fraction of sp³-hybridized carbons (Fsp3) is 0.440. The van der Waals surface area contributed by atoms with Crippen molar-refractivity contribution in [1.82, 2.24) is 4.98 Å². The highest BCUT2D eigenvalue weighted by Gasteiger charge is 2.20. The van der Waals surface area contributed by atoms with Crippen molar-refractivity contribution in [2.75, 3.05) is 27.9 Å². The Kier molecular flexibility index (Phi) is 7.27. The Morgan fingerprint density at radius 1 is 1.00 bits per heavy atom. The predicted molar refractivity (Wildman–Crippen MR) is 124 cm³/mol. The smallest absolute Gasteiger partial charge is 0.203 e. The van der Waals surface area contributed by atoms with Crippen LogP contribution in [0.2, 0.25) is 0 Å². The minimum Gasteiger partial charge on any atom is -0.493 e. The van der Waals surface area contributed by atoms with Crippen molar-refractivity contribution >= 4 is 10.9 Å². The van der Waals surface area contributed by atoms with E-state index in [2.05, 4.69) is 37.0 Å². The fourth-order valence-corrected chi connectivity index (χ4v) is 4.10. The second-order valence-corrected chi connectivity index (χ2v) is 7.72. The van der Waals surface area contributed by atoms with Crippen LogP contribution >= 0.6 is 0 Å². The number of nitrogens with one attached hydrogen (secondary N) is 1. The second kappa shape index (κ2) is 9.90. The number of benzene rings is 2. The van der Waals surface area contributed by atoms with E-state index < -0.39 is 0 Å². The first kappa shape index (κ1) is 22.0. The first-order valence-corrected chi connectivity index (χ1v) is 10.7. The molecule has 0 saturated heterocycles. The summed E-state index contributed by atoms with van der Waals surface area (Å²) in [7, 11) is 4.92. The van der Waals surface area contributed by atoms with E-state index >= 15 is 0 Å². The summed E-state index contributed by atoms with van der Waals surface area (Å²) in [4.78, 5) is 3.75. The summed E-state index contributed by atoms with van der Waals surface area (Å²) in [6, 6.07) is 10.7. The summed E-state index contributed by atoms with van der Waals surface area (Å²) in [6.07, 6.45) is 4.12. The van der Waals surface area contributed by atoms with Gasteiger partial charge in [0.2, 0.25) is 5.75 Å². The van der Waals surface area contributed by atoms with Gasteiger partial charge in [-0.05, 0) is 61.4 Å². The molecule has 0 amide bonds. The molecule has 2 aromatic carbocycles. The lowest BCUT2D eigenvalue weighted by Gasteiger charge is -2.14. The maximum atomic E-state index is 5.76. The third-order valence-corrected chi connectivity index (χ3v) is 5.95. The van der Waals surface area contributed by atoms with Crippen molar-refractivity contribution in [2.24, 2.45) is 5.73 Å². The van der Waals surface area contributed by atoms with Crippen LogP contribution in [-0.2, 0) is 6.42 Å².